The summed E-state index contributed by atoms with van der Waals surface area (Å²) in [7, 11) is 0. The van der Waals surface area contributed by atoms with Crippen LogP contribution in [0.5, 0.6) is 0 Å². The first-order chi connectivity index (χ1) is 11.1. The average Bonchev–Trinajstić information content (AvgIpc) is 3.17. The lowest BCUT2D eigenvalue weighted by Gasteiger charge is -2.36. The minimum atomic E-state index is -0.0265. The molecule has 0 spiro atoms. The maximum absolute atomic E-state index is 12.4. The van der Waals surface area contributed by atoms with Gasteiger partial charge in [-0.25, -0.2) is 0 Å². The summed E-state index contributed by atoms with van der Waals surface area (Å²) in [5.74, 6) is 2.94. The van der Waals surface area contributed by atoms with Crippen molar-refractivity contribution in [3.63, 3.8) is 0 Å². The number of carbonyl (C=O) groups is 1. The summed E-state index contributed by atoms with van der Waals surface area (Å²) in [6.07, 6.45) is 1.56. The summed E-state index contributed by atoms with van der Waals surface area (Å²) < 4.78 is 15.9. The van der Waals surface area contributed by atoms with E-state index in [4.69, 9.17) is 13.4 Å². The molecule has 118 valence electrons. The van der Waals surface area contributed by atoms with Crippen LogP contribution in [-0.4, -0.2) is 34.0 Å². The molecule has 1 amide bonds. The van der Waals surface area contributed by atoms with Gasteiger partial charge < -0.3 is 18.3 Å². The smallest absolute Gasteiger partial charge is 0.257 e. The van der Waals surface area contributed by atoms with Crippen molar-refractivity contribution >= 4 is 5.91 Å². The van der Waals surface area contributed by atoms with E-state index < -0.39 is 0 Å². The molecule has 1 fully saturated rings. The molecule has 0 saturated carbocycles. The third kappa shape index (κ3) is 2.34. The fraction of sp³-hybridized carbons (Fsp3) is 0.312. The second-order valence-electron chi connectivity index (χ2n) is 5.67. The van der Waals surface area contributed by atoms with Gasteiger partial charge in [0.15, 0.2) is 5.76 Å². The SMILES string of the molecule is Cc1cc(C(=O)N2CC(c3nc(-c4ccco4)no3)C2)c(C)o1. The van der Waals surface area contributed by atoms with E-state index in [0.717, 1.165) is 5.76 Å². The molecule has 1 saturated heterocycles. The predicted molar refractivity (Wildman–Crippen MR) is 78.8 cm³/mol. The number of rotatable bonds is 3. The first-order valence-corrected chi connectivity index (χ1v) is 7.35. The van der Waals surface area contributed by atoms with Gasteiger partial charge in [0.05, 0.1) is 17.7 Å². The highest BCUT2D eigenvalue weighted by molar-refractivity contribution is 5.95. The minimum Gasteiger partial charge on any atom is -0.466 e. The molecular formula is C16H15N3O4. The number of furan rings is 2. The van der Waals surface area contributed by atoms with Crippen molar-refractivity contribution in [3.8, 4) is 11.6 Å². The molecule has 0 aliphatic carbocycles. The molecule has 4 heterocycles. The lowest BCUT2D eigenvalue weighted by atomic mass is 9.99. The lowest BCUT2D eigenvalue weighted by Crippen LogP contribution is -2.48. The van der Waals surface area contributed by atoms with Crippen molar-refractivity contribution in [2.24, 2.45) is 0 Å². The maximum atomic E-state index is 12.4. The fourth-order valence-corrected chi connectivity index (χ4v) is 2.72. The zero-order valence-electron chi connectivity index (χ0n) is 12.8. The van der Waals surface area contributed by atoms with E-state index >= 15 is 0 Å². The average molecular weight is 313 g/mol. The molecule has 7 heteroatoms. The number of hydrogen-bond acceptors (Lipinski definition) is 6. The normalized spacial score (nSPS) is 15.0. The summed E-state index contributed by atoms with van der Waals surface area (Å²) in [6, 6.07) is 5.31. The van der Waals surface area contributed by atoms with E-state index in [-0.39, 0.29) is 11.8 Å². The first kappa shape index (κ1) is 13.8. The minimum absolute atomic E-state index is 0.0265. The van der Waals surface area contributed by atoms with Crippen molar-refractivity contribution in [2.45, 2.75) is 19.8 Å². The Morgan fingerprint density at radius 3 is 2.83 bits per heavy atom. The summed E-state index contributed by atoms with van der Waals surface area (Å²) in [5.41, 5.74) is 0.614. The van der Waals surface area contributed by atoms with Crippen LogP contribution in [0.2, 0.25) is 0 Å². The Morgan fingerprint density at radius 1 is 1.35 bits per heavy atom. The second-order valence-corrected chi connectivity index (χ2v) is 5.67. The Labute approximate surface area is 131 Å². The molecule has 3 aromatic heterocycles. The summed E-state index contributed by atoms with van der Waals surface area (Å²) in [6.45, 7) is 4.74. The van der Waals surface area contributed by atoms with Gasteiger partial charge in [0.25, 0.3) is 5.91 Å². The predicted octanol–water partition coefficient (Wildman–Crippen LogP) is 2.78. The molecule has 0 aromatic carbocycles. The molecule has 0 unspecified atom stereocenters. The maximum Gasteiger partial charge on any atom is 0.257 e. The van der Waals surface area contributed by atoms with Gasteiger partial charge in [-0.05, 0) is 32.0 Å². The topological polar surface area (TPSA) is 85.5 Å². The highest BCUT2D eigenvalue weighted by atomic mass is 16.5. The summed E-state index contributed by atoms with van der Waals surface area (Å²) in [4.78, 5) is 18.5. The summed E-state index contributed by atoms with van der Waals surface area (Å²) in [5, 5.41) is 3.91. The highest BCUT2D eigenvalue weighted by Gasteiger charge is 2.37. The number of likely N-dealkylation sites (tertiary alicyclic amines) is 1. The first-order valence-electron chi connectivity index (χ1n) is 7.35. The number of nitrogens with zero attached hydrogens (tertiary/aromatic N) is 3. The molecule has 23 heavy (non-hydrogen) atoms. The zero-order chi connectivity index (χ0) is 16.0. The van der Waals surface area contributed by atoms with Crippen LogP contribution in [0.15, 0.2) is 37.8 Å². The molecule has 0 N–H and O–H groups in total. The Balaban J connectivity index is 1.43. The quantitative estimate of drug-likeness (QED) is 0.739. The molecule has 1 aliphatic rings. The largest absolute Gasteiger partial charge is 0.466 e. The Morgan fingerprint density at radius 2 is 2.17 bits per heavy atom. The van der Waals surface area contributed by atoms with Crippen LogP contribution in [0.25, 0.3) is 11.6 Å². The highest BCUT2D eigenvalue weighted by Crippen LogP contribution is 2.29. The molecule has 3 aromatic rings. The van der Waals surface area contributed by atoms with Crippen LogP contribution >= 0.6 is 0 Å². The van der Waals surface area contributed by atoms with Crippen LogP contribution in [0, 0.1) is 13.8 Å². The van der Waals surface area contributed by atoms with Crippen molar-refractivity contribution in [1.82, 2.24) is 15.0 Å². The monoisotopic (exact) mass is 313 g/mol. The van der Waals surface area contributed by atoms with E-state index in [9.17, 15) is 4.79 Å². The molecule has 0 atom stereocenters. The number of amides is 1. The van der Waals surface area contributed by atoms with Gasteiger partial charge in [0.1, 0.15) is 11.5 Å². The van der Waals surface area contributed by atoms with Crippen LogP contribution in [0.1, 0.15) is 33.7 Å². The third-order valence-electron chi connectivity index (χ3n) is 3.97. The zero-order valence-corrected chi connectivity index (χ0v) is 12.8. The molecular weight excluding hydrogens is 298 g/mol. The van der Waals surface area contributed by atoms with Crippen LogP contribution in [0.4, 0.5) is 0 Å². The molecule has 4 rings (SSSR count). The van der Waals surface area contributed by atoms with Crippen molar-refractivity contribution in [1.29, 1.82) is 0 Å². The van der Waals surface area contributed by atoms with Gasteiger partial charge >= 0.3 is 0 Å². The van der Waals surface area contributed by atoms with E-state index in [1.54, 1.807) is 36.3 Å². The number of hydrogen-bond donors (Lipinski definition) is 0. The lowest BCUT2D eigenvalue weighted by molar-refractivity contribution is 0.0567. The summed E-state index contributed by atoms with van der Waals surface area (Å²) >= 11 is 0. The van der Waals surface area contributed by atoms with Gasteiger partial charge in [-0.1, -0.05) is 5.16 Å². The van der Waals surface area contributed by atoms with Crippen molar-refractivity contribution < 1.29 is 18.2 Å². The Hall–Kier alpha value is -2.83. The van der Waals surface area contributed by atoms with Gasteiger partial charge in [-0.2, -0.15) is 4.98 Å². The van der Waals surface area contributed by atoms with Crippen LogP contribution in [0.3, 0.4) is 0 Å². The standard InChI is InChI=1S/C16H15N3O4/c1-9-6-12(10(2)22-9)16(20)19-7-11(8-19)15-17-14(18-23-15)13-4-3-5-21-13/h3-6,11H,7-8H2,1-2H3. The number of aromatic nitrogens is 2. The van der Waals surface area contributed by atoms with Gasteiger partial charge in [-0.3, -0.25) is 4.79 Å². The second kappa shape index (κ2) is 5.12. The van der Waals surface area contributed by atoms with E-state index in [2.05, 4.69) is 10.1 Å². The van der Waals surface area contributed by atoms with E-state index in [1.165, 1.54) is 0 Å². The van der Waals surface area contributed by atoms with Crippen LogP contribution in [-0.2, 0) is 0 Å². The molecule has 1 aliphatic heterocycles. The Bertz CT molecular complexity index is 841. The van der Waals surface area contributed by atoms with E-state index in [1.807, 2.05) is 6.92 Å². The third-order valence-corrected chi connectivity index (χ3v) is 3.97. The number of aryl methyl sites for hydroxylation is 2. The van der Waals surface area contributed by atoms with Crippen LogP contribution < -0.4 is 0 Å². The molecule has 0 radical (unpaired) electrons. The Kier molecular flexibility index (Phi) is 3.07. The van der Waals surface area contributed by atoms with Gasteiger partial charge in [0.2, 0.25) is 11.7 Å². The van der Waals surface area contributed by atoms with E-state index in [0.29, 0.717) is 41.9 Å². The number of carbonyl (C=O) groups excluding carboxylic acids is 1. The van der Waals surface area contributed by atoms with Crippen molar-refractivity contribution in [3.05, 3.63) is 47.4 Å². The fourth-order valence-electron chi connectivity index (χ4n) is 2.72. The van der Waals surface area contributed by atoms with Gasteiger partial charge in [-0.15, -0.1) is 0 Å². The van der Waals surface area contributed by atoms with Gasteiger partial charge in [0, 0.05) is 13.1 Å². The molecule has 7 nitrogen and oxygen atoms in total. The van der Waals surface area contributed by atoms with Crippen molar-refractivity contribution in [2.75, 3.05) is 13.1 Å². The molecule has 0 bridgehead atoms.